The lowest BCUT2D eigenvalue weighted by Gasteiger charge is -2.19. The molecule has 1 aromatic carbocycles. The van der Waals surface area contributed by atoms with Crippen LogP contribution in [0.25, 0.3) is 0 Å². The van der Waals surface area contributed by atoms with E-state index in [0.29, 0.717) is 12.8 Å². The van der Waals surface area contributed by atoms with Crippen molar-refractivity contribution in [2.75, 3.05) is 0 Å². The molecular formula is C19H24ClFN2O. The van der Waals surface area contributed by atoms with Crippen LogP contribution in [-0.2, 0) is 18.9 Å². The largest absolute Gasteiger partial charge is 0.292 e. The SMILES string of the molecule is CC([18F])c1nn(C)c(C(=O)CCc2ccc(C(C)(C)C)cc2)c1Cl. The fourth-order valence-electron chi connectivity index (χ4n) is 2.62. The lowest BCUT2D eigenvalue weighted by Crippen LogP contribution is -2.11. The van der Waals surface area contributed by atoms with E-state index in [0.717, 1.165) is 5.56 Å². The molecule has 1 heterocycles. The summed E-state index contributed by atoms with van der Waals surface area (Å²) < 4.78 is 14.8. The highest BCUT2D eigenvalue weighted by molar-refractivity contribution is 6.34. The number of alkyl halides is 1. The van der Waals surface area contributed by atoms with Gasteiger partial charge in [0.25, 0.3) is 0 Å². The molecule has 24 heavy (non-hydrogen) atoms. The number of rotatable bonds is 5. The topological polar surface area (TPSA) is 34.9 Å². The van der Waals surface area contributed by atoms with Crippen molar-refractivity contribution in [2.24, 2.45) is 7.05 Å². The number of carbonyl (C=O) groups excluding carboxylic acids is 1. The van der Waals surface area contributed by atoms with Gasteiger partial charge in [0, 0.05) is 13.5 Å². The van der Waals surface area contributed by atoms with E-state index in [9.17, 15) is 9.18 Å². The van der Waals surface area contributed by atoms with E-state index >= 15 is 0 Å². The second-order valence-electron chi connectivity index (χ2n) is 7.16. The smallest absolute Gasteiger partial charge is 0.182 e. The van der Waals surface area contributed by atoms with Crippen LogP contribution < -0.4 is 0 Å². The Morgan fingerprint density at radius 1 is 1.29 bits per heavy atom. The summed E-state index contributed by atoms with van der Waals surface area (Å²) in [6.07, 6.45) is -0.366. The molecule has 0 saturated heterocycles. The number of benzene rings is 1. The van der Waals surface area contributed by atoms with Gasteiger partial charge in [0.05, 0.1) is 5.02 Å². The van der Waals surface area contributed by atoms with E-state index in [1.807, 2.05) is 12.1 Å². The van der Waals surface area contributed by atoms with Gasteiger partial charge in [-0.2, -0.15) is 5.10 Å². The standard InChI is InChI=1S/C19H24ClFN2O/c1-12(21)17-16(20)18(23(5)22-17)15(24)11-8-13-6-9-14(10-7-13)19(2,3)4/h6-7,9-10,12H,8,11H2,1-5H3/i21-1. The van der Waals surface area contributed by atoms with Gasteiger partial charge in [-0.15, -0.1) is 0 Å². The Kier molecular flexibility index (Phi) is 5.49. The molecule has 3 nitrogen and oxygen atoms in total. The van der Waals surface area contributed by atoms with Gasteiger partial charge in [-0.3, -0.25) is 9.48 Å². The van der Waals surface area contributed by atoms with Gasteiger partial charge in [-0.1, -0.05) is 56.6 Å². The summed E-state index contributed by atoms with van der Waals surface area (Å²) in [7, 11) is 1.61. The molecular weight excluding hydrogens is 326 g/mol. The number of carbonyl (C=O) groups is 1. The molecule has 0 amide bonds. The van der Waals surface area contributed by atoms with Crippen LogP contribution in [0.1, 0.15) is 67.6 Å². The Hall–Kier alpha value is -1.68. The Labute approximate surface area is 147 Å². The highest BCUT2D eigenvalue weighted by Gasteiger charge is 2.23. The highest BCUT2D eigenvalue weighted by Crippen LogP contribution is 2.28. The zero-order chi connectivity index (χ0) is 18.1. The quantitative estimate of drug-likeness (QED) is 0.694. The average Bonchev–Trinajstić information content (AvgIpc) is 2.79. The Bertz CT molecular complexity index is 727. The molecule has 0 fully saturated rings. The number of Topliss-reactive ketones (excluding diaryl/α,β-unsaturated/α-hetero) is 1. The predicted molar refractivity (Wildman–Crippen MR) is 95.5 cm³/mol. The van der Waals surface area contributed by atoms with Crippen molar-refractivity contribution >= 4 is 17.4 Å². The molecule has 0 aliphatic carbocycles. The minimum Gasteiger partial charge on any atom is -0.292 e. The summed E-state index contributed by atoms with van der Waals surface area (Å²) in [6.45, 7) is 7.86. The number of aryl methyl sites for hydroxylation is 2. The van der Waals surface area contributed by atoms with Gasteiger partial charge in [0.15, 0.2) is 5.78 Å². The summed E-state index contributed by atoms with van der Waals surface area (Å²) in [4.78, 5) is 12.5. The third kappa shape index (κ3) is 4.04. The van der Waals surface area contributed by atoms with Crippen molar-refractivity contribution in [1.29, 1.82) is 0 Å². The molecule has 2 rings (SSSR count). The molecule has 0 saturated carbocycles. The summed E-state index contributed by atoms with van der Waals surface area (Å²) in [6, 6.07) is 8.29. The van der Waals surface area contributed by atoms with E-state index < -0.39 is 6.17 Å². The highest BCUT2D eigenvalue weighted by atomic mass is 35.5. The number of ketones is 1. The lowest BCUT2D eigenvalue weighted by molar-refractivity contribution is 0.0974. The predicted octanol–water partition coefficient (Wildman–Crippen LogP) is 5.22. The molecule has 5 heteroatoms. The first kappa shape index (κ1) is 18.7. The second kappa shape index (κ2) is 7.06. The van der Waals surface area contributed by atoms with Crippen LogP contribution in [0, 0.1) is 0 Å². The molecule has 2 aromatic rings. The fraction of sp³-hybridized carbons (Fsp3) is 0.474. The van der Waals surface area contributed by atoms with E-state index in [-0.39, 0.29) is 27.6 Å². The normalized spacial score (nSPS) is 13.1. The summed E-state index contributed by atoms with van der Waals surface area (Å²) >= 11 is 6.13. The molecule has 0 aliphatic heterocycles. The van der Waals surface area contributed by atoms with E-state index in [1.165, 1.54) is 17.2 Å². The molecule has 1 atom stereocenters. The number of nitrogens with zero attached hydrogens (tertiary/aromatic N) is 2. The Balaban J connectivity index is 2.09. The third-order valence-corrected chi connectivity index (χ3v) is 4.49. The van der Waals surface area contributed by atoms with Crippen molar-refractivity contribution in [1.82, 2.24) is 9.78 Å². The molecule has 0 N–H and O–H groups in total. The van der Waals surface area contributed by atoms with Crippen molar-refractivity contribution in [3.8, 4) is 0 Å². The van der Waals surface area contributed by atoms with Gasteiger partial charge >= 0.3 is 0 Å². The van der Waals surface area contributed by atoms with Crippen LogP contribution in [0.3, 0.4) is 0 Å². The van der Waals surface area contributed by atoms with Crippen molar-refractivity contribution in [3.05, 3.63) is 51.8 Å². The monoisotopic (exact) mass is 349 g/mol. The summed E-state index contributed by atoms with van der Waals surface area (Å²) in [5.41, 5.74) is 2.86. The number of hydrogen-bond acceptors (Lipinski definition) is 2. The van der Waals surface area contributed by atoms with Crippen molar-refractivity contribution in [2.45, 2.75) is 52.1 Å². The van der Waals surface area contributed by atoms with Crippen LogP contribution in [-0.4, -0.2) is 15.6 Å². The van der Waals surface area contributed by atoms with Gasteiger partial charge in [0.1, 0.15) is 17.6 Å². The number of aromatic nitrogens is 2. The first-order valence-electron chi connectivity index (χ1n) is 8.10. The summed E-state index contributed by atoms with van der Waals surface area (Å²) in [5.74, 6) is -0.123. The van der Waals surface area contributed by atoms with Crippen molar-refractivity contribution in [3.63, 3.8) is 0 Å². The first-order valence-corrected chi connectivity index (χ1v) is 8.48. The van der Waals surface area contributed by atoms with E-state index in [2.05, 4.69) is 38.0 Å². The van der Waals surface area contributed by atoms with Gasteiger partial charge < -0.3 is 0 Å². The van der Waals surface area contributed by atoms with E-state index in [1.54, 1.807) is 7.05 Å². The molecule has 0 radical (unpaired) electrons. The zero-order valence-corrected chi connectivity index (χ0v) is 15.6. The Morgan fingerprint density at radius 3 is 2.33 bits per heavy atom. The maximum absolute atomic E-state index is 13.5. The third-order valence-electron chi connectivity index (χ3n) is 4.12. The Morgan fingerprint density at radius 2 is 1.88 bits per heavy atom. The number of halogens is 2. The molecule has 1 aromatic heterocycles. The summed E-state index contributed by atoms with van der Waals surface area (Å²) in [5, 5.41) is 4.14. The second-order valence-corrected chi connectivity index (χ2v) is 7.54. The van der Waals surface area contributed by atoms with Gasteiger partial charge in [-0.25, -0.2) is 4.39 Å². The van der Waals surface area contributed by atoms with Crippen LogP contribution in [0.4, 0.5) is 4.39 Å². The first-order chi connectivity index (χ1) is 11.1. The van der Waals surface area contributed by atoms with Crippen LogP contribution >= 0.6 is 11.6 Å². The van der Waals surface area contributed by atoms with Crippen LogP contribution in [0.2, 0.25) is 5.02 Å². The average molecular weight is 350 g/mol. The fourth-order valence-corrected chi connectivity index (χ4v) is 3.04. The molecule has 0 bridgehead atoms. The van der Waals surface area contributed by atoms with Crippen molar-refractivity contribution < 1.29 is 9.18 Å². The van der Waals surface area contributed by atoms with Gasteiger partial charge in [0.2, 0.25) is 0 Å². The van der Waals surface area contributed by atoms with Gasteiger partial charge in [-0.05, 0) is 29.9 Å². The van der Waals surface area contributed by atoms with E-state index in [4.69, 9.17) is 11.6 Å². The minimum atomic E-state index is -1.30. The maximum Gasteiger partial charge on any atom is 0.182 e. The van der Waals surface area contributed by atoms with Crippen LogP contribution in [0.15, 0.2) is 24.3 Å². The van der Waals surface area contributed by atoms with Crippen LogP contribution in [0.5, 0.6) is 0 Å². The lowest BCUT2D eigenvalue weighted by atomic mass is 9.86. The zero-order valence-electron chi connectivity index (χ0n) is 14.9. The number of hydrogen-bond donors (Lipinski definition) is 0. The molecule has 0 spiro atoms. The molecule has 1 unspecified atom stereocenters. The molecule has 130 valence electrons. The molecule has 0 aliphatic rings. The minimum absolute atomic E-state index is 0.107. The maximum atomic E-state index is 13.5.